The monoisotopic (exact) mass is 328 g/mol. The highest BCUT2D eigenvalue weighted by Gasteiger charge is 2.21. The Bertz CT molecular complexity index is 670. The molecule has 0 radical (unpaired) electrons. The molecule has 0 saturated carbocycles. The zero-order chi connectivity index (χ0) is 17.6. The lowest BCUT2D eigenvalue weighted by Gasteiger charge is -2.17. The van der Waals surface area contributed by atoms with Crippen LogP contribution in [0.25, 0.3) is 5.69 Å². The van der Waals surface area contributed by atoms with E-state index in [4.69, 9.17) is 0 Å². The van der Waals surface area contributed by atoms with E-state index in [1.807, 2.05) is 57.3 Å². The Balaban J connectivity index is 1.72. The minimum atomic E-state index is -0.489. The normalized spacial score (nSPS) is 11.1. The van der Waals surface area contributed by atoms with Gasteiger partial charge in [0, 0.05) is 24.4 Å². The number of amides is 2. The fourth-order valence-corrected chi connectivity index (χ4v) is 2.07. The third-order valence-electron chi connectivity index (χ3n) is 3.53. The standard InChI is InChI=1S/C18H24N4O2/c1-18(2,3)17(24)20-13-16(23)19-11-9-14-5-7-15(8-6-14)22-12-4-10-21-22/h4-8,10,12H,9,11,13H2,1-3H3,(H,19,23)(H,20,24). The van der Waals surface area contributed by atoms with Gasteiger partial charge in [0.15, 0.2) is 0 Å². The maximum atomic E-state index is 11.7. The van der Waals surface area contributed by atoms with E-state index in [9.17, 15) is 9.59 Å². The summed E-state index contributed by atoms with van der Waals surface area (Å²) in [4.78, 5) is 23.4. The van der Waals surface area contributed by atoms with Gasteiger partial charge in [-0.3, -0.25) is 9.59 Å². The maximum Gasteiger partial charge on any atom is 0.239 e. The molecule has 0 fully saturated rings. The summed E-state index contributed by atoms with van der Waals surface area (Å²) in [6.45, 7) is 5.98. The second-order valence-corrected chi connectivity index (χ2v) is 6.65. The average molecular weight is 328 g/mol. The number of carbonyl (C=O) groups is 2. The van der Waals surface area contributed by atoms with Crippen LogP contribution in [-0.4, -0.2) is 34.7 Å². The first kappa shape index (κ1) is 17.7. The molecule has 0 aliphatic rings. The molecule has 6 nitrogen and oxygen atoms in total. The van der Waals surface area contributed by atoms with Gasteiger partial charge in [-0.05, 0) is 30.2 Å². The summed E-state index contributed by atoms with van der Waals surface area (Å²) >= 11 is 0. The molecule has 2 N–H and O–H groups in total. The predicted octanol–water partition coefficient (Wildman–Crippen LogP) is 1.69. The van der Waals surface area contributed by atoms with Gasteiger partial charge < -0.3 is 10.6 Å². The van der Waals surface area contributed by atoms with E-state index >= 15 is 0 Å². The Kier molecular flexibility index (Phi) is 5.73. The molecule has 2 rings (SSSR count). The molecular weight excluding hydrogens is 304 g/mol. The van der Waals surface area contributed by atoms with E-state index in [-0.39, 0.29) is 18.4 Å². The van der Waals surface area contributed by atoms with Crippen LogP contribution in [-0.2, 0) is 16.0 Å². The molecule has 0 atom stereocenters. The van der Waals surface area contributed by atoms with Crippen molar-refractivity contribution in [2.45, 2.75) is 27.2 Å². The predicted molar refractivity (Wildman–Crippen MR) is 92.7 cm³/mol. The molecule has 0 bridgehead atoms. The summed E-state index contributed by atoms with van der Waals surface area (Å²) in [5.74, 6) is -0.312. The molecule has 2 aromatic rings. The highest BCUT2D eigenvalue weighted by molar-refractivity contribution is 5.87. The average Bonchev–Trinajstić information content (AvgIpc) is 3.06. The van der Waals surface area contributed by atoms with Gasteiger partial charge in [0.1, 0.15) is 0 Å². The van der Waals surface area contributed by atoms with Crippen molar-refractivity contribution in [1.29, 1.82) is 0 Å². The number of rotatable bonds is 6. The van der Waals surface area contributed by atoms with Gasteiger partial charge >= 0.3 is 0 Å². The number of nitrogens with zero attached hydrogens (tertiary/aromatic N) is 2. The van der Waals surface area contributed by atoms with E-state index in [2.05, 4.69) is 15.7 Å². The van der Waals surface area contributed by atoms with Crippen molar-refractivity contribution in [2.75, 3.05) is 13.1 Å². The van der Waals surface area contributed by atoms with Gasteiger partial charge in [0.05, 0.1) is 12.2 Å². The number of benzene rings is 1. The highest BCUT2D eigenvalue weighted by Crippen LogP contribution is 2.12. The van der Waals surface area contributed by atoms with E-state index in [1.54, 1.807) is 10.9 Å². The fourth-order valence-electron chi connectivity index (χ4n) is 2.07. The third-order valence-corrected chi connectivity index (χ3v) is 3.53. The summed E-state index contributed by atoms with van der Waals surface area (Å²) in [5.41, 5.74) is 1.64. The van der Waals surface area contributed by atoms with Crippen LogP contribution in [0.1, 0.15) is 26.3 Å². The Morgan fingerprint density at radius 3 is 2.42 bits per heavy atom. The van der Waals surface area contributed by atoms with Gasteiger partial charge in [-0.25, -0.2) is 4.68 Å². The van der Waals surface area contributed by atoms with Crippen LogP contribution < -0.4 is 10.6 Å². The van der Waals surface area contributed by atoms with Crippen molar-refractivity contribution in [3.05, 3.63) is 48.3 Å². The minimum absolute atomic E-state index is 0.00827. The molecule has 0 unspecified atom stereocenters. The second-order valence-electron chi connectivity index (χ2n) is 6.65. The van der Waals surface area contributed by atoms with Gasteiger partial charge in [0.2, 0.25) is 11.8 Å². The Labute approximate surface area is 142 Å². The Morgan fingerprint density at radius 2 is 1.83 bits per heavy atom. The topological polar surface area (TPSA) is 76.0 Å². The molecule has 0 saturated heterocycles. The molecule has 128 valence electrons. The van der Waals surface area contributed by atoms with Crippen molar-refractivity contribution < 1.29 is 9.59 Å². The van der Waals surface area contributed by atoms with E-state index < -0.39 is 5.41 Å². The van der Waals surface area contributed by atoms with Crippen molar-refractivity contribution in [2.24, 2.45) is 5.41 Å². The lowest BCUT2D eigenvalue weighted by molar-refractivity contribution is -0.131. The molecule has 2 amide bonds. The summed E-state index contributed by atoms with van der Waals surface area (Å²) in [7, 11) is 0. The van der Waals surface area contributed by atoms with Crippen LogP contribution in [0.5, 0.6) is 0 Å². The molecule has 1 aromatic heterocycles. The van der Waals surface area contributed by atoms with Gasteiger partial charge in [-0.2, -0.15) is 5.10 Å². The summed E-state index contributed by atoms with van der Waals surface area (Å²) in [6.07, 6.45) is 4.36. The maximum absolute atomic E-state index is 11.7. The number of aromatic nitrogens is 2. The van der Waals surface area contributed by atoms with Gasteiger partial charge in [-0.1, -0.05) is 32.9 Å². The molecule has 0 aliphatic carbocycles. The Hall–Kier alpha value is -2.63. The zero-order valence-corrected chi connectivity index (χ0v) is 14.4. The van der Waals surface area contributed by atoms with E-state index in [0.717, 1.165) is 17.7 Å². The molecule has 0 aliphatic heterocycles. The lowest BCUT2D eigenvalue weighted by atomic mass is 9.96. The zero-order valence-electron chi connectivity index (χ0n) is 14.4. The molecule has 0 spiro atoms. The van der Waals surface area contributed by atoms with Gasteiger partial charge in [-0.15, -0.1) is 0 Å². The van der Waals surface area contributed by atoms with Crippen LogP contribution in [0.3, 0.4) is 0 Å². The molecule has 1 heterocycles. The molecule has 24 heavy (non-hydrogen) atoms. The highest BCUT2D eigenvalue weighted by atomic mass is 16.2. The number of carbonyl (C=O) groups excluding carboxylic acids is 2. The summed E-state index contributed by atoms with van der Waals surface area (Å²) < 4.78 is 1.80. The number of hydrogen-bond acceptors (Lipinski definition) is 3. The quantitative estimate of drug-likeness (QED) is 0.847. The SMILES string of the molecule is CC(C)(C)C(=O)NCC(=O)NCCc1ccc(-n2cccn2)cc1. The lowest BCUT2D eigenvalue weighted by Crippen LogP contribution is -2.42. The summed E-state index contributed by atoms with van der Waals surface area (Å²) in [6, 6.07) is 9.90. The number of hydrogen-bond donors (Lipinski definition) is 2. The molecule has 1 aromatic carbocycles. The van der Waals surface area contributed by atoms with Crippen LogP contribution >= 0.6 is 0 Å². The second kappa shape index (κ2) is 7.77. The van der Waals surface area contributed by atoms with Crippen LogP contribution in [0.2, 0.25) is 0 Å². The molecular formula is C18H24N4O2. The van der Waals surface area contributed by atoms with Crippen LogP contribution in [0, 0.1) is 5.41 Å². The first-order valence-corrected chi connectivity index (χ1v) is 8.00. The first-order valence-electron chi connectivity index (χ1n) is 8.00. The van der Waals surface area contributed by atoms with Crippen LogP contribution in [0.4, 0.5) is 0 Å². The Morgan fingerprint density at radius 1 is 1.12 bits per heavy atom. The summed E-state index contributed by atoms with van der Waals surface area (Å²) in [5, 5.41) is 9.62. The van der Waals surface area contributed by atoms with E-state index in [0.29, 0.717) is 6.54 Å². The largest absolute Gasteiger partial charge is 0.354 e. The third kappa shape index (κ3) is 5.22. The first-order chi connectivity index (χ1) is 11.4. The van der Waals surface area contributed by atoms with E-state index in [1.165, 1.54) is 0 Å². The van der Waals surface area contributed by atoms with Crippen molar-refractivity contribution >= 4 is 11.8 Å². The van der Waals surface area contributed by atoms with Crippen molar-refractivity contribution in [3.8, 4) is 5.69 Å². The number of nitrogens with one attached hydrogen (secondary N) is 2. The molecule has 6 heteroatoms. The smallest absolute Gasteiger partial charge is 0.239 e. The van der Waals surface area contributed by atoms with Crippen LogP contribution in [0.15, 0.2) is 42.7 Å². The minimum Gasteiger partial charge on any atom is -0.354 e. The van der Waals surface area contributed by atoms with Crippen molar-refractivity contribution in [3.63, 3.8) is 0 Å². The van der Waals surface area contributed by atoms with Crippen molar-refractivity contribution in [1.82, 2.24) is 20.4 Å². The fraction of sp³-hybridized carbons (Fsp3) is 0.389. The van der Waals surface area contributed by atoms with Gasteiger partial charge in [0.25, 0.3) is 0 Å².